The van der Waals surface area contributed by atoms with Crippen LogP contribution in [0.1, 0.15) is 42.9 Å². The number of aromatic nitrogens is 1. The van der Waals surface area contributed by atoms with Crippen molar-refractivity contribution in [2.45, 2.75) is 46.0 Å². The molecule has 0 spiro atoms. The third-order valence-electron chi connectivity index (χ3n) is 5.59. The Morgan fingerprint density at radius 2 is 1.81 bits per heavy atom. The normalized spacial score (nSPS) is 15.3. The van der Waals surface area contributed by atoms with E-state index in [9.17, 15) is 0 Å². The van der Waals surface area contributed by atoms with Crippen LogP contribution in [0.3, 0.4) is 0 Å². The summed E-state index contributed by atoms with van der Waals surface area (Å²) < 4.78 is 0. The first-order valence-corrected chi connectivity index (χ1v) is 10.7. The Labute approximate surface area is 169 Å². The first kappa shape index (κ1) is 20.2. The molecule has 1 fully saturated rings. The molecule has 1 aliphatic rings. The van der Waals surface area contributed by atoms with Crippen LogP contribution in [0.2, 0.25) is 5.02 Å². The predicted molar refractivity (Wildman–Crippen MR) is 116 cm³/mol. The van der Waals surface area contributed by atoms with E-state index in [0.29, 0.717) is 5.02 Å². The second-order valence-electron chi connectivity index (χ2n) is 7.63. The van der Waals surface area contributed by atoms with Crippen molar-refractivity contribution in [3.8, 4) is 0 Å². The summed E-state index contributed by atoms with van der Waals surface area (Å²) in [5, 5.41) is 0.699. The predicted octanol–water partition coefficient (Wildman–Crippen LogP) is 5.14. The molecule has 1 aliphatic heterocycles. The average Bonchev–Trinajstić information content (AvgIpc) is 2.69. The van der Waals surface area contributed by atoms with Crippen LogP contribution in [0.5, 0.6) is 0 Å². The minimum atomic E-state index is 0.699. The van der Waals surface area contributed by atoms with Gasteiger partial charge in [-0.1, -0.05) is 49.6 Å². The standard InChI is InChI=1S/C23H32ClN3/c1-3-4-5-6-21-17-20(8-7-19(21)2)11-12-26-13-15-27(16-14-26)23-10-9-22(24)18-25-23/h7-10,17-18H,3-6,11-16H2,1-2H3. The van der Waals surface area contributed by atoms with Crippen LogP contribution in [0, 0.1) is 6.92 Å². The SMILES string of the molecule is CCCCCc1cc(CCN2CCN(c3ccc(Cl)cn3)CC2)ccc1C. The lowest BCUT2D eigenvalue weighted by Gasteiger charge is -2.35. The number of piperazine rings is 1. The maximum atomic E-state index is 5.94. The molecule has 1 aromatic carbocycles. The van der Waals surface area contributed by atoms with Crippen molar-refractivity contribution in [2.24, 2.45) is 0 Å². The molecule has 2 aromatic rings. The number of anilines is 1. The van der Waals surface area contributed by atoms with E-state index in [1.54, 1.807) is 11.8 Å². The molecule has 0 aliphatic carbocycles. The molecule has 0 unspecified atom stereocenters. The summed E-state index contributed by atoms with van der Waals surface area (Å²) in [6.45, 7) is 9.91. The fourth-order valence-corrected chi connectivity index (χ4v) is 3.87. The summed E-state index contributed by atoms with van der Waals surface area (Å²) in [7, 11) is 0. The number of nitrogens with zero attached hydrogens (tertiary/aromatic N) is 3. The Kier molecular flexibility index (Phi) is 7.54. The van der Waals surface area contributed by atoms with Crippen LogP contribution in [0.25, 0.3) is 0 Å². The molecular formula is C23H32ClN3. The smallest absolute Gasteiger partial charge is 0.128 e. The molecule has 0 radical (unpaired) electrons. The number of aryl methyl sites for hydroxylation is 2. The number of unbranched alkanes of at least 4 members (excludes halogenated alkanes) is 2. The van der Waals surface area contributed by atoms with Crippen molar-refractivity contribution in [1.29, 1.82) is 0 Å². The second-order valence-corrected chi connectivity index (χ2v) is 8.07. The lowest BCUT2D eigenvalue weighted by Crippen LogP contribution is -2.47. The molecule has 27 heavy (non-hydrogen) atoms. The van der Waals surface area contributed by atoms with Gasteiger partial charge < -0.3 is 4.90 Å². The largest absolute Gasteiger partial charge is 0.354 e. The number of rotatable bonds is 8. The topological polar surface area (TPSA) is 19.4 Å². The Balaban J connectivity index is 1.47. The van der Waals surface area contributed by atoms with Gasteiger partial charge in [0.2, 0.25) is 0 Å². The van der Waals surface area contributed by atoms with Crippen molar-refractivity contribution < 1.29 is 0 Å². The van der Waals surface area contributed by atoms with E-state index in [1.165, 1.54) is 36.8 Å². The zero-order chi connectivity index (χ0) is 19.1. The highest BCUT2D eigenvalue weighted by molar-refractivity contribution is 6.30. The molecule has 0 amide bonds. The van der Waals surface area contributed by atoms with E-state index < -0.39 is 0 Å². The molecule has 2 heterocycles. The molecule has 3 rings (SSSR count). The van der Waals surface area contributed by atoms with Gasteiger partial charge in [0.05, 0.1) is 5.02 Å². The summed E-state index contributed by atoms with van der Waals surface area (Å²) in [6.07, 6.45) is 8.02. The van der Waals surface area contributed by atoms with Gasteiger partial charge in [-0.25, -0.2) is 4.98 Å². The number of hydrogen-bond donors (Lipinski definition) is 0. The fourth-order valence-electron chi connectivity index (χ4n) is 3.76. The first-order chi connectivity index (χ1) is 13.2. The Morgan fingerprint density at radius 3 is 2.52 bits per heavy atom. The van der Waals surface area contributed by atoms with Crippen molar-refractivity contribution in [3.05, 3.63) is 58.2 Å². The van der Waals surface area contributed by atoms with Gasteiger partial charge in [-0.15, -0.1) is 0 Å². The summed E-state index contributed by atoms with van der Waals surface area (Å²) in [5.74, 6) is 1.04. The van der Waals surface area contributed by atoms with Crippen LogP contribution in [-0.4, -0.2) is 42.6 Å². The molecule has 146 valence electrons. The van der Waals surface area contributed by atoms with E-state index in [1.807, 2.05) is 12.1 Å². The number of halogens is 1. The van der Waals surface area contributed by atoms with Gasteiger partial charge in [0.25, 0.3) is 0 Å². The average molecular weight is 386 g/mol. The minimum absolute atomic E-state index is 0.699. The highest BCUT2D eigenvalue weighted by Crippen LogP contribution is 2.18. The zero-order valence-corrected chi connectivity index (χ0v) is 17.5. The molecule has 0 bridgehead atoms. The molecule has 0 saturated carbocycles. The van der Waals surface area contributed by atoms with Gasteiger partial charge in [0.1, 0.15) is 5.82 Å². The van der Waals surface area contributed by atoms with Crippen LogP contribution >= 0.6 is 11.6 Å². The van der Waals surface area contributed by atoms with Crippen molar-refractivity contribution in [2.75, 3.05) is 37.6 Å². The van der Waals surface area contributed by atoms with E-state index in [2.05, 4.69) is 46.8 Å². The van der Waals surface area contributed by atoms with E-state index >= 15 is 0 Å². The molecule has 1 saturated heterocycles. The number of benzene rings is 1. The molecule has 0 atom stereocenters. The third-order valence-corrected chi connectivity index (χ3v) is 5.81. The van der Waals surface area contributed by atoms with E-state index in [0.717, 1.165) is 45.0 Å². The van der Waals surface area contributed by atoms with Gasteiger partial charge >= 0.3 is 0 Å². The van der Waals surface area contributed by atoms with Crippen molar-refractivity contribution >= 4 is 17.4 Å². The van der Waals surface area contributed by atoms with Gasteiger partial charge in [0.15, 0.2) is 0 Å². The van der Waals surface area contributed by atoms with Gasteiger partial charge in [-0.2, -0.15) is 0 Å². The first-order valence-electron chi connectivity index (χ1n) is 10.3. The number of hydrogen-bond acceptors (Lipinski definition) is 3. The molecule has 1 aromatic heterocycles. The quantitative estimate of drug-likeness (QED) is 0.586. The summed E-state index contributed by atoms with van der Waals surface area (Å²) in [5.41, 5.74) is 4.47. The highest BCUT2D eigenvalue weighted by Gasteiger charge is 2.17. The molecule has 4 heteroatoms. The van der Waals surface area contributed by atoms with Crippen LogP contribution < -0.4 is 4.90 Å². The monoisotopic (exact) mass is 385 g/mol. The lowest BCUT2D eigenvalue weighted by atomic mass is 9.98. The minimum Gasteiger partial charge on any atom is -0.354 e. The van der Waals surface area contributed by atoms with Gasteiger partial charge in [-0.3, -0.25) is 4.90 Å². The van der Waals surface area contributed by atoms with Crippen LogP contribution in [0.15, 0.2) is 36.5 Å². The fraction of sp³-hybridized carbons (Fsp3) is 0.522. The van der Waals surface area contributed by atoms with E-state index in [-0.39, 0.29) is 0 Å². The maximum Gasteiger partial charge on any atom is 0.128 e. The lowest BCUT2D eigenvalue weighted by molar-refractivity contribution is 0.260. The van der Waals surface area contributed by atoms with E-state index in [4.69, 9.17) is 11.6 Å². The third kappa shape index (κ3) is 5.95. The second kappa shape index (κ2) is 10.1. The Morgan fingerprint density at radius 1 is 1.00 bits per heavy atom. The highest BCUT2D eigenvalue weighted by atomic mass is 35.5. The van der Waals surface area contributed by atoms with Crippen LogP contribution in [-0.2, 0) is 12.8 Å². The van der Waals surface area contributed by atoms with Crippen molar-refractivity contribution in [3.63, 3.8) is 0 Å². The van der Waals surface area contributed by atoms with Gasteiger partial charge in [-0.05, 0) is 55.0 Å². The number of pyridine rings is 1. The Bertz CT molecular complexity index is 706. The molecule has 3 nitrogen and oxygen atoms in total. The maximum absolute atomic E-state index is 5.94. The summed E-state index contributed by atoms with van der Waals surface area (Å²) >= 11 is 5.94. The van der Waals surface area contributed by atoms with Gasteiger partial charge in [0, 0.05) is 38.9 Å². The Hall–Kier alpha value is -1.58. The molecule has 0 N–H and O–H groups in total. The molecular weight excluding hydrogens is 354 g/mol. The van der Waals surface area contributed by atoms with Crippen LogP contribution in [0.4, 0.5) is 5.82 Å². The summed E-state index contributed by atoms with van der Waals surface area (Å²) in [4.78, 5) is 9.37. The zero-order valence-electron chi connectivity index (χ0n) is 16.8. The van der Waals surface area contributed by atoms with Crippen molar-refractivity contribution in [1.82, 2.24) is 9.88 Å². The summed E-state index contributed by atoms with van der Waals surface area (Å²) in [6, 6.07) is 11.0.